The molecule has 0 radical (unpaired) electrons. The van der Waals surface area contributed by atoms with Crippen molar-refractivity contribution in [3.63, 3.8) is 0 Å². The average Bonchev–Trinajstić information content (AvgIpc) is 3.35. The molecule has 1 unspecified atom stereocenters. The molecule has 2 aromatic heterocycles. The fraction of sp³-hybridized carbons (Fsp3) is 0.600. The lowest BCUT2D eigenvalue weighted by atomic mass is 9.70. The van der Waals surface area contributed by atoms with E-state index >= 15 is 0 Å². The van der Waals surface area contributed by atoms with Gasteiger partial charge in [0.05, 0.1) is 12.8 Å². The summed E-state index contributed by atoms with van der Waals surface area (Å²) in [5.74, 6) is 2.86. The Labute approximate surface area is 165 Å². The molecule has 0 aliphatic carbocycles. The van der Waals surface area contributed by atoms with Crippen molar-refractivity contribution in [2.75, 3.05) is 63.2 Å². The Kier molecular flexibility index (Phi) is 4.30. The third kappa shape index (κ3) is 2.96. The van der Waals surface area contributed by atoms with Crippen LogP contribution in [0.25, 0.3) is 0 Å². The summed E-state index contributed by atoms with van der Waals surface area (Å²) >= 11 is 0. The number of anilines is 2. The predicted octanol–water partition coefficient (Wildman–Crippen LogP) is 1.41. The Morgan fingerprint density at radius 3 is 2.68 bits per heavy atom. The quantitative estimate of drug-likeness (QED) is 0.787. The first-order valence-corrected chi connectivity index (χ1v) is 10.0. The summed E-state index contributed by atoms with van der Waals surface area (Å²) in [5, 5.41) is 0. The highest BCUT2D eigenvalue weighted by atomic mass is 16.5. The zero-order valence-electron chi connectivity index (χ0n) is 16.6. The van der Waals surface area contributed by atoms with Crippen LogP contribution >= 0.6 is 0 Å². The fourth-order valence-corrected chi connectivity index (χ4v) is 5.06. The van der Waals surface area contributed by atoms with Gasteiger partial charge in [0.15, 0.2) is 0 Å². The summed E-state index contributed by atoms with van der Waals surface area (Å²) in [6.07, 6.45) is 5.99. The van der Waals surface area contributed by atoms with Crippen molar-refractivity contribution >= 4 is 11.8 Å². The van der Waals surface area contributed by atoms with Crippen LogP contribution in [0.4, 0.5) is 11.8 Å². The second kappa shape index (κ2) is 6.84. The Morgan fingerprint density at radius 1 is 1.07 bits per heavy atom. The van der Waals surface area contributed by atoms with Crippen molar-refractivity contribution in [2.24, 2.45) is 5.41 Å². The van der Waals surface area contributed by atoms with Gasteiger partial charge in [-0.15, -0.1) is 0 Å². The first kappa shape index (κ1) is 17.6. The van der Waals surface area contributed by atoms with E-state index in [1.807, 2.05) is 12.3 Å². The maximum Gasteiger partial charge on any atom is 0.225 e. The second-order valence-corrected chi connectivity index (χ2v) is 8.36. The lowest BCUT2D eigenvalue weighted by Gasteiger charge is -2.51. The number of ether oxygens (including phenoxy) is 1. The highest BCUT2D eigenvalue weighted by Crippen LogP contribution is 2.49. The Morgan fingerprint density at radius 2 is 1.89 bits per heavy atom. The molecular weight excluding hydrogens is 354 g/mol. The van der Waals surface area contributed by atoms with Gasteiger partial charge < -0.3 is 19.4 Å². The van der Waals surface area contributed by atoms with Crippen LogP contribution in [0.1, 0.15) is 24.5 Å². The van der Waals surface area contributed by atoms with E-state index in [0.29, 0.717) is 11.8 Å². The summed E-state index contributed by atoms with van der Waals surface area (Å²) in [4.78, 5) is 25.2. The van der Waals surface area contributed by atoms with Gasteiger partial charge in [0.1, 0.15) is 12.1 Å². The van der Waals surface area contributed by atoms with Crippen molar-refractivity contribution < 1.29 is 4.74 Å². The molecule has 0 aromatic carbocycles. The lowest BCUT2D eigenvalue weighted by molar-refractivity contribution is 0.193. The summed E-state index contributed by atoms with van der Waals surface area (Å²) in [5.41, 5.74) is 1.39. The first-order chi connectivity index (χ1) is 13.7. The molecule has 0 amide bonds. The molecule has 1 atom stereocenters. The largest absolute Gasteiger partial charge is 0.481 e. The van der Waals surface area contributed by atoms with Gasteiger partial charge in [0, 0.05) is 62.9 Å². The normalized spacial score (nSPS) is 24.0. The monoisotopic (exact) mass is 381 g/mol. The average molecular weight is 381 g/mol. The molecule has 28 heavy (non-hydrogen) atoms. The molecule has 8 nitrogen and oxygen atoms in total. The van der Waals surface area contributed by atoms with E-state index in [-0.39, 0.29) is 5.41 Å². The van der Waals surface area contributed by atoms with Crippen LogP contribution in [-0.2, 0) is 0 Å². The van der Waals surface area contributed by atoms with Crippen LogP contribution in [0.2, 0.25) is 0 Å². The van der Waals surface area contributed by atoms with Gasteiger partial charge in [-0.3, -0.25) is 0 Å². The topological polar surface area (TPSA) is 70.5 Å². The van der Waals surface area contributed by atoms with Crippen molar-refractivity contribution in [2.45, 2.75) is 18.8 Å². The molecule has 3 fully saturated rings. The van der Waals surface area contributed by atoms with Crippen LogP contribution in [0.15, 0.2) is 24.7 Å². The van der Waals surface area contributed by atoms with Crippen molar-refractivity contribution in [1.29, 1.82) is 0 Å². The molecule has 3 aliphatic rings. The summed E-state index contributed by atoms with van der Waals surface area (Å²) in [6.45, 7) is 6.22. The van der Waals surface area contributed by atoms with Gasteiger partial charge in [-0.2, -0.15) is 0 Å². The standard InChI is InChI=1S/C20H27N7O/c1-25-10-15(16-5-6-21-19(24-16)26-7-3-4-8-26)20(11-25)12-27(13-20)17-9-18(28-2)23-14-22-17/h5-6,9,14-15H,3-4,7-8,10-13H2,1-2H3. The molecule has 1 spiro atoms. The van der Waals surface area contributed by atoms with Gasteiger partial charge in [0.2, 0.25) is 11.8 Å². The Bertz CT molecular complexity index is 848. The molecule has 3 aliphatic heterocycles. The van der Waals surface area contributed by atoms with Gasteiger partial charge >= 0.3 is 0 Å². The summed E-state index contributed by atoms with van der Waals surface area (Å²) < 4.78 is 5.25. The first-order valence-electron chi connectivity index (χ1n) is 10.0. The minimum absolute atomic E-state index is 0.212. The van der Waals surface area contributed by atoms with Gasteiger partial charge in [-0.1, -0.05) is 0 Å². The van der Waals surface area contributed by atoms with E-state index in [1.165, 1.54) is 18.5 Å². The lowest BCUT2D eigenvalue weighted by Crippen LogP contribution is -2.60. The number of hydrogen-bond acceptors (Lipinski definition) is 8. The van der Waals surface area contributed by atoms with E-state index in [2.05, 4.69) is 42.8 Å². The minimum atomic E-state index is 0.212. The molecule has 5 rings (SSSR count). The number of likely N-dealkylation sites (N-methyl/N-ethyl adjacent to an activating group) is 1. The van der Waals surface area contributed by atoms with E-state index in [0.717, 1.165) is 51.0 Å². The molecule has 0 N–H and O–H groups in total. The molecule has 0 saturated carbocycles. The number of methoxy groups -OCH3 is 1. The zero-order chi connectivity index (χ0) is 19.1. The molecular formula is C20H27N7O. The Balaban J connectivity index is 1.37. The second-order valence-electron chi connectivity index (χ2n) is 8.36. The highest BCUT2D eigenvalue weighted by molar-refractivity contribution is 5.47. The predicted molar refractivity (Wildman–Crippen MR) is 107 cm³/mol. The number of likely N-dealkylation sites (tertiary alicyclic amines) is 1. The third-order valence-corrected chi connectivity index (χ3v) is 6.40. The Hall–Kier alpha value is -2.48. The molecule has 8 heteroatoms. The maximum absolute atomic E-state index is 5.25. The molecule has 0 bridgehead atoms. The number of aromatic nitrogens is 4. The van der Waals surface area contributed by atoms with E-state index < -0.39 is 0 Å². The van der Waals surface area contributed by atoms with Crippen molar-refractivity contribution in [3.05, 3.63) is 30.4 Å². The molecule has 2 aromatic rings. The molecule has 5 heterocycles. The van der Waals surface area contributed by atoms with Crippen molar-refractivity contribution in [3.8, 4) is 5.88 Å². The number of hydrogen-bond donors (Lipinski definition) is 0. The van der Waals surface area contributed by atoms with Crippen LogP contribution < -0.4 is 14.5 Å². The van der Waals surface area contributed by atoms with Crippen LogP contribution in [0.5, 0.6) is 5.88 Å². The fourth-order valence-electron chi connectivity index (χ4n) is 5.06. The van der Waals surface area contributed by atoms with Gasteiger partial charge in [-0.25, -0.2) is 19.9 Å². The van der Waals surface area contributed by atoms with Crippen LogP contribution in [-0.4, -0.2) is 78.3 Å². The van der Waals surface area contributed by atoms with Crippen LogP contribution in [0.3, 0.4) is 0 Å². The molecule has 148 valence electrons. The number of rotatable bonds is 4. The van der Waals surface area contributed by atoms with Crippen molar-refractivity contribution in [1.82, 2.24) is 24.8 Å². The van der Waals surface area contributed by atoms with E-state index in [9.17, 15) is 0 Å². The summed E-state index contributed by atoms with van der Waals surface area (Å²) in [6, 6.07) is 4.03. The zero-order valence-corrected chi connectivity index (χ0v) is 16.6. The highest BCUT2D eigenvalue weighted by Gasteiger charge is 2.54. The molecule has 3 saturated heterocycles. The maximum atomic E-state index is 5.25. The van der Waals surface area contributed by atoms with E-state index in [1.54, 1.807) is 13.4 Å². The van der Waals surface area contributed by atoms with Crippen LogP contribution in [0, 0.1) is 5.41 Å². The van der Waals surface area contributed by atoms with Gasteiger partial charge in [-0.05, 0) is 26.0 Å². The SMILES string of the molecule is COc1cc(N2CC3(CN(C)CC3c3ccnc(N4CCCC4)n3)C2)ncn1. The number of nitrogens with zero attached hydrogens (tertiary/aromatic N) is 7. The third-order valence-electron chi connectivity index (χ3n) is 6.40. The smallest absolute Gasteiger partial charge is 0.225 e. The minimum Gasteiger partial charge on any atom is -0.481 e. The van der Waals surface area contributed by atoms with E-state index in [4.69, 9.17) is 9.72 Å². The van der Waals surface area contributed by atoms with Gasteiger partial charge in [0.25, 0.3) is 0 Å². The summed E-state index contributed by atoms with van der Waals surface area (Å²) in [7, 11) is 3.85.